The summed E-state index contributed by atoms with van der Waals surface area (Å²) >= 11 is 0. The van der Waals surface area contributed by atoms with Crippen LogP contribution in [-0.4, -0.2) is 19.1 Å². The Morgan fingerprint density at radius 3 is 3.06 bits per heavy atom. The van der Waals surface area contributed by atoms with E-state index >= 15 is 0 Å². The first kappa shape index (κ1) is 11.0. The Balaban J connectivity index is 2.06. The van der Waals surface area contributed by atoms with Crippen molar-refractivity contribution in [1.29, 1.82) is 0 Å². The minimum atomic E-state index is 0.0756. The van der Waals surface area contributed by atoms with Gasteiger partial charge in [0, 0.05) is 18.2 Å². The number of carbonyl (C=O) groups excluding carboxylic acids is 1. The smallest absolute Gasteiger partial charge is 0.224 e. The van der Waals surface area contributed by atoms with Crippen molar-refractivity contribution < 1.29 is 9.53 Å². The first-order valence-electron chi connectivity index (χ1n) is 5.55. The fraction of sp³-hybridized carbons (Fsp3) is 0.417. The number of nitrogens with one attached hydrogen (secondary N) is 1. The van der Waals surface area contributed by atoms with E-state index < -0.39 is 0 Å². The summed E-state index contributed by atoms with van der Waals surface area (Å²) in [5.74, 6) is 0.862. The lowest BCUT2D eigenvalue weighted by atomic mass is 10.0. The molecule has 0 saturated carbocycles. The topological polar surface area (TPSA) is 64.3 Å². The average molecular weight is 220 g/mol. The molecule has 1 amide bonds. The number of aryl methyl sites for hydroxylation is 1. The first-order chi connectivity index (χ1) is 7.79. The zero-order valence-corrected chi connectivity index (χ0v) is 9.16. The Labute approximate surface area is 94.8 Å². The highest BCUT2D eigenvalue weighted by molar-refractivity contribution is 5.94. The Hall–Kier alpha value is -1.55. The molecule has 0 radical (unpaired) electrons. The molecule has 0 atom stereocenters. The van der Waals surface area contributed by atoms with Crippen LogP contribution >= 0.6 is 0 Å². The van der Waals surface area contributed by atoms with E-state index in [1.807, 2.05) is 18.2 Å². The van der Waals surface area contributed by atoms with Crippen LogP contribution in [0.25, 0.3) is 0 Å². The van der Waals surface area contributed by atoms with Crippen molar-refractivity contribution in [3.63, 3.8) is 0 Å². The monoisotopic (exact) mass is 220 g/mol. The van der Waals surface area contributed by atoms with E-state index in [9.17, 15) is 4.79 Å². The lowest BCUT2D eigenvalue weighted by Gasteiger charge is -2.17. The number of carbonyl (C=O) groups is 1. The van der Waals surface area contributed by atoms with Gasteiger partial charge in [-0.2, -0.15) is 0 Å². The number of fused-ring (bicyclic) bond motifs is 1. The van der Waals surface area contributed by atoms with Gasteiger partial charge in [0.15, 0.2) is 0 Å². The van der Waals surface area contributed by atoms with E-state index in [-0.39, 0.29) is 5.91 Å². The minimum Gasteiger partial charge on any atom is -0.493 e. The van der Waals surface area contributed by atoms with Crippen LogP contribution in [0.15, 0.2) is 18.2 Å². The predicted octanol–water partition coefficient (Wildman–Crippen LogP) is 1.30. The maximum absolute atomic E-state index is 11.2. The molecule has 1 aromatic rings. The van der Waals surface area contributed by atoms with Gasteiger partial charge < -0.3 is 15.8 Å². The van der Waals surface area contributed by atoms with Gasteiger partial charge >= 0.3 is 0 Å². The highest BCUT2D eigenvalue weighted by atomic mass is 16.5. The summed E-state index contributed by atoms with van der Waals surface area (Å²) < 4.78 is 5.52. The van der Waals surface area contributed by atoms with E-state index in [0.717, 1.165) is 24.3 Å². The molecular weight excluding hydrogens is 204 g/mol. The molecule has 1 heterocycles. The van der Waals surface area contributed by atoms with Crippen LogP contribution in [0.5, 0.6) is 5.75 Å². The summed E-state index contributed by atoms with van der Waals surface area (Å²) in [7, 11) is 0. The third kappa shape index (κ3) is 2.52. The molecule has 1 aliphatic rings. The standard InChI is InChI=1S/C12H16N2O2/c13-6-1-7-16-10-4-2-9-3-5-12(15)14-11(9)8-10/h2,4,8H,1,3,5-7,13H2,(H,14,15). The molecule has 1 aliphatic heterocycles. The van der Waals surface area contributed by atoms with Crippen molar-refractivity contribution >= 4 is 11.6 Å². The summed E-state index contributed by atoms with van der Waals surface area (Å²) in [4.78, 5) is 11.2. The van der Waals surface area contributed by atoms with Crippen LogP contribution in [0.3, 0.4) is 0 Å². The van der Waals surface area contributed by atoms with Crippen molar-refractivity contribution in [1.82, 2.24) is 0 Å². The normalized spacial score (nSPS) is 14.2. The predicted molar refractivity (Wildman–Crippen MR) is 62.6 cm³/mol. The van der Waals surface area contributed by atoms with Crippen LogP contribution < -0.4 is 15.8 Å². The summed E-state index contributed by atoms with van der Waals surface area (Å²) in [6.07, 6.45) is 2.22. The molecule has 0 fully saturated rings. The van der Waals surface area contributed by atoms with Gasteiger partial charge in [-0.15, -0.1) is 0 Å². The zero-order chi connectivity index (χ0) is 11.4. The molecule has 4 nitrogen and oxygen atoms in total. The highest BCUT2D eigenvalue weighted by Crippen LogP contribution is 2.27. The Morgan fingerprint density at radius 2 is 2.25 bits per heavy atom. The largest absolute Gasteiger partial charge is 0.493 e. The van der Waals surface area contributed by atoms with E-state index in [1.54, 1.807) is 0 Å². The van der Waals surface area contributed by atoms with Crippen LogP contribution in [0, 0.1) is 0 Å². The summed E-state index contributed by atoms with van der Waals surface area (Å²) in [6, 6.07) is 5.82. The fourth-order valence-electron chi connectivity index (χ4n) is 1.71. The third-order valence-corrected chi connectivity index (χ3v) is 2.59. The molecule has 3 N–H and O–H groups in total. The quantitative estimate of drug-likeness (QED) is 0.752. The van der Waals surface area contributed by atoms with Crippen LogP contribution in [0.1, 0.15) is 18.4 Å². The Kier molecular flexibility index (Phi) is 3.41. The zero-order valence-electron chi connectivity index (χ0n) is 9.16. The van der Waals surface area contributed by atoms with Gasteiger partial charge in [0.25, 0.3) is 0 Å². The molecule has 0 aromatic heterocycles. The van der Waals surface area contributed by atoms with E-state index in [0.29, 0.717) is 19.6 Å². The van der Waals surface area contributed by atoms with Crippen LogP contribution in [0.2, 0.25) is 0 Å². The Bertz CT molecular complexity index is 391. The number of amides is 1. The van der Waals surface area contributed by atoms with Crippen LogP contribution in [0.4, 0.5) is 5.69 Å². The van der Waals surface area contributed by atoms with Crippen molar-refractivity contribution in [3.8, 4) is 5.75 Å². The molecule has 4 heteroatoms. The second-order valence-corrected chi connectivity index (χ2v) is 3.86. The number of ether oxygens (including phenoxy) is 1. The average Bonchev–Trinajstić information content (AvgIpc) is 2.29. The lowest BCUT2D eigenvalue weighted by Crippen LogP contribution is -2.18. The Morgan fingerprint density at radius 1 is 1.38 bits per heavy atom. The van der Waals surface area contributed by atoms with E-state index in [4.69, 9.17) is 10.5 Å². The molecule has 0 spiro atoms. The van der Waals surface area contributed by atoms with Gasteiger partial charge in [0.2, 0.25) is 5.91 Å². The maximum Gasteiger partial charge on any atom is 0.224 e. The van der Waals surface area contributed by atoms with Gasteiger partial charge in [-0.1, -0.05) is 6.07 Å². The minimum absolute atomic E-state index is 0.0756. The molecule has 0 bridgehead atoms. The summed E-state index contributed by atoms with van der Waals surface area (Å²) in [6.45, 7) is 1.24. The third-order valence-electron chi connectivity index (χ3n) is 2.59. The number of hydrogen-bond donors (Lipinski definition) is 2. The molecule has 0 saturated heterocycles. The molecule has 0 unspecified atom stereocenters. The van der Waals surface area contributed by atoms with Crippen molar-refractivity contribution in [3.05, 3.63) is 23.8 Å². The van der Waals surface area contributed by atoms with E-state index in [1.165, 1.54) is 5.56 Å². The van der Waals surface area contributed by atoms with Gasteiger partial charge in [-0.25, -0.2) is 0 Å². The van der Waals surface area contributed by atoms with Gasteiger partial charge in [0.05, 0.1) is 6.61 Å². The van der Waals surface area contributed by atoms with Gasteiger partial charge in [0.1, 0.15) is 5.75 Å². The van der Waals surface area contributed by atoms with Gasteiger partial charge in [-0.05, 0) is 31.0 Å². The molecule has 86 valence electrons. The number of nitrogens with two attached hydrogens (primary N) is 1. The number of hydrogen-bond acceptors (Lipinski definition) is 3. The maximum atomic E-state index is 11.2. The van der Waals surface area contributed by atoms with Gasteiger partial charge in [-0.3, -0.25) is 4.79 Å². The SMILES string of the molecule is NCCCOc1ccc2c(c1)NC(=O)CC2. The second kappa shape index (κ2) is 4.99. The fourth-order valence-corrected chi connectivity index (χ4v) is 1.71. The molecule has 2 rings (SSSR count). The molecule has 1 aromatic carbocycles. The summed E-state index contributed by atoms with van der Waals surface area (Å²) in [5, 5.41) is 2.85. The van der Waals surface area contributed by atoms with Crippen molar-refractivity contribution in [2.24, 2.45) is 5.73 Å². The molecular formula is C12H16N2O2. The van der Waals surface area contributed by atoms with Crippen molar-refractivity contribution in [2.45, 2.75) is 19.3 Å². The number of anilines is 1. The molecule has 0 aliphatic carbocycles. The van der Waals surface area contributed by atoms with Crippen molar-refractivity contribution in [2.75, 3.05) is 18.5 Å². The number of rotatable bonds is 4. The second-order valence-electron chi connectivity index (χ2n) is 3.86. The van der Waals surface area contributed by atoms with E-state index in [2.05, 4.69) is 5.32 Å². The van der Waals surface area contributed by atoms with Crippen LogP contribution in [-0.2, 0) is 11.2 Å². The lowest BCUT2D eigenvalue weighted by molar-refractivity contribution is -0.116. The summed E-state index contributed by atoms with van der Waals surface area (Å²) in [5.41, 5.74) is 7.43. The highest BCUT2D eigenvalue weighted by Gasteiger charge is 2.14. The first-order valence-corrected chi connectivity index (χ1v) is 5.55. The molecule has 16 heavy (non-hydrogen) atoms. The number of benzene rings is 1.